The fourth-order valence-electron chi connectivity index (χ4n) is 3.54. The topological polar surface area (TPSA) is 61.4 Å². The molecule has 1 saturated heterocycles. The summed E-state index contributed by atoms with van der Waals surface area (Å²) >= 11 is 3.14. The normalized spacial score (nSPS) is 15.2. The molecule has 2 N–H and O–H groups in total. The predicted octanol–water partition coefficient (Wildman–Crippen LogP) is 4.63. The van der Waals surface area contributed by atoms with Gasteiger partial charge in [0.15, 0.2) is 0 Å². The molecule has 1 aliphatic heterocycles. The average molecular weight is 426 g/mol. The fraction of sp³-hybridized carbons (Fsp3) is 0.273. The smallest absolute Gasteiger partial charge is 0.265 e. The Balaban J connectivity index is 1.36. The lowest BCUT2D eigenvalue weighted by Gasteiger charge is -2.27. The van der Waals surface area contributed by atoms with Gasteiger partial charge in [-0.05, 0) is 73.1 Å². The number of anilines is 1. The van der Waals surface area contributed by atoms with Gasteiger partial charge in [0.25, 0.3) is 11.8 Å². The highest BCUT2D eigenvalue weighted by Gasteiger charge is 2.24. The van der Waals surface area contributed by atoms with Crippen molar-refractivity contribution in [3.63, 3.8) is 0 Å². The largest absolute Gasteiger partial charge is 0.350 e. The van der Waals surface area contributed by atoms with Crippen molar-refractivity contribution >= 4 is 40.2 Å². The Bertz CT molecular complexity index is 931. The summed E-state index contributed by atoms with van der Waals surface area (Å²) in [6, 6.07) is 15.1. The summed E-state index contributed by atoms with van der Waals surface area (Å²) in [4.78, 5) is 29.2. The van der Waals surface area contributed by atoms with Crippen LogP contribution in [-0.4, -0.2) is 36.3 Å². The number of likely N-dealkylation sites (tertiary alicyclic amines) is 1. The first-order valence-corrected chi connectivity index (χ1v) is 11.5. The molecule has 3 aromatic rings. The maximum absolute atomic E-state index is 12.6. The van der Waals surface area contributed by atoms with Crippen LogP contribution in [0.2, 0.25) is 0 Å². The molecular weight excluding hydrogens is 402 g/mol. The molecule has 1 aliphatic rings. The van der Waals surface area contributed by atoms with E-state index in [4.69, 9.17) is 0 Å². The number of thiophene rings is 2. The molecule has 5 nitrogen and oxygen atoms in total. The zero-order valence-corrected chi connectivity index (χ0v) is 17.6. The first-order valence-electron chi connectivity index (χ1n) is 9.71. The highest BCUT2D eigenvalue weighted by molar-refractivity contribution is 7.12. The van der Waals surface area contributed by atoms with Crippen molar-refractivity contribution in [2.24, 2.45) is 0 Å². The van der Waals surface area contributed by atoms with Gasteiger partial charge in [-0.1, -0.05) is 12.1 Å². The van der Waals surface area contributed by atoms with Crippen LogP contribution < -0.4 is 10.6 Å². The van der Waals surface area contributed by atoms with Crippen LogP contribution in [0, 0.1) is 0 Å². The van der Waals surface area contributed by atoms with E-state index < -0.39 is 0 Å². The third-order valence-electron chi connectivity index (χ3n) is 5.06. The number of amides is 2. The van der Waals surface area contributed by atoms with Crippen LogP contribution in [0.25, 0.3) is 0 Å². The lowest BCUT2D eigenvalue weighted by Crippen LogP contribution is -2.36. The number of hydrogen-bond donors (Lipinski definition) is 2. The molecule has 29 heavy (non-hydrogen) atoms. The third-order valence-corrected chi connectivity index (χ3v) is 6.90. The molecule has 0 saturated carbocycles. The summed E-state index contributed by atoms with van der Waals surface area (Å²) in [5.41, 5.74) is 1.26. The standard InChI is InChI=1S/C22H23N3O2S2/c26-21(23-15-18(19-5-3-13-28-19)25-11-1-2-12-25)16-7-9-17(10-8-16)24-22(27)20-6-4-14-29-20/h3-10,13-14,18H,1-2,11-12,15H2,(H,23,26)(H,24,27). The average Bonchev–Trinajstić information content (AvgIpc) is 3.52. The Morgan fingerprint density at radius 2 is 1.66 bits per heavy atom. The van der Waals surface area contributed by atoms with Crippen molar-refractivity contribution in [3.8, 4) is 0 Å². The fourth-order valence-corrected chi connectivity index (χ4v) is 5.02. The molecule has 1 atom stereocenters. The van der Waals surface area contributed by atoms with Crippen LogP contribution in [0.4, 0.5) is 5.69 Å². The number of nitrogens with one attached hydrogen (secondary N) is 2. The number of rotatable bonds is 7. The predicted molar refractivity (Wildman–Crippen MR) is 119 cm³/mol. The van der Waals surface area contributed by atoms with Crippen LogP contribution in [0.15, 0.2) is 59.3 Å². The van der Waals surface area contributed by atoms with Gasteiger partial charge in [0.05, 0.1) is 10.9 Å². The lowest BCUT2D eigenvalue weighted by atomic mass is 10.1. The first-order chi connectivity index (χ1) is 14.2. The summed E-state index contributed by atoms with van der Waals surface area (Å²) in [5.74, 6) is -0.233. The van der Waals surface area contributed by atoms with Crippen molar-refractivity contribution < 1.29 is 9.59 Å². The Morgan fingerprint density at radius 3 is 2.31 bits per heavy atom. The summed E-state index contributed by atoms with van der Waals surface area (Å²) in [6.07, 6.45) is 2.43. The maximum atomic E-state index is 12.6. The molecule has 1 unspecified atom stereocenters. The second-order valence-electron chi connectivity index (χ2n) is 6.99. The molecule has 0 aliphatic carbocycles. The van der Waals surface area contributed by atoms with Crippen LogP contribution >= 0.6 is 22.7 Å². The molecule has 3 heterocycles. The minimum absolute atomic E-state index is 0.0955. The Morgan fingerprint density at radius 1 is 0.931 bits per heavy atom. The zero-order chi connectivity index (χ0) is 20.1. The maximum Gasteiger partial charge on any atom is 0.265 e. The van der Waals surface area contributed by atoms with Gasteiger partial charge in [0, 0.05) is 22.7 Å². The molecule has 4 rings (SSSR count). The van der Waals surface area contributed by atoms with Crippen LogP contribution in [0.5, 0.6) is 0 Å². The van der Waals surface area contributed by atoms with E-state index in [1.165, 1.54) is 29.1 Å². The van der Waals surface area contributed by atoms with E-state index in [0.717, 1.165) is 13.1 Å². The van der Waals surface area contributed by atoms with Gasteiger partial charge in [-0.15, -0.1) is 22.7 Å². The van der Waals surface area contributed by atoms with Gasteiger partial charge in [0.2, 0.25) is 0 Å². The quantitative estimate of drug-likeness (QED) is 0.580. The molecule has 1 fully saturated rings. The van der Waals surface area contributed by atoms with Gasteiger partial charge < -0.3 is 10.6 Å². The minimum Gasteiger partial charge on any atom is -0.350 e. The van der Waals surface area contributed by atoms with E-state index in [2.05, 4.69) is 33.0 Å². The second kappa shape index (κ2) is 9.35. The van der Waals surface area contributed by atoms with Crippen molar-refractivity contribution in [1.29, 1.82) is 0 Å². The lowest BCUT2D eigenvalue weighted by molar-refractivity contribution is 0.0938. The monoisotopic (exact) mass is 425 g/mol. The number of benzene rings is 1. The molecule has 1 aromatic carbocycles. The van der Waals surface area contributed by atoms with E-state index >= 15 is 0 Å². The third kappa shape index (κ3) is 4.93. The van der Waals surface area contributed by atoms with Gasteiger partial charge >= 0.3 is 0 Å². The summed E-state index contributed by atoms with van der Waals surface area (Å²) in [5, 5.41) is 9.89. The van der Waals surface area contributed by atoms with Crippen LogP contribution in [0.3, 0.4) is 0 Å². The Kier molecular flexibility index (Phi) is 6.39. The minimum atomic E-state index is -0.137. The van der Waals surface area contributed by atoms with Gasteiger partial charge in [0.1, 0.15) is 0 Å². The molecule has 7 heteroatoms. The van der Waals surface area contributed by atoms with Gasteiger partial charge in [-0.3, -0.25) is 14.5 Å². The van der Waals surface area contributed by atoms with Crippen LogP contribution in [-0.2, 0) is 0 Å². The second-order valence-corrected chi connectivity index (χ2v) is 8.92. The highest BCUT2D eigenvalue weighted by atomic mass is 32.1. The molecule has 150 valence electrons. The van der Waals surface area contributed by atoms with E-state index in [-0.39, 0.29) is 17.9 Å². The zero-order valence-electron chi connectivity index (χ0n) is 16.0. The molecule has 0 bridgehead atoms. The van der Waals surface area contributed by atoms with Crippen molar-refractivity contribution in [3.05, 3.63) is 74.6 Å². The van der Waals surface area contributed by atoms with Crippen molar-refractivity contribution in [2.45, 2.75) is 18.9 Å². The summed E-state index contributed by atoms with van der Waals surface area (Å²) < 4.78 is 0. The summed E-state index contributed by atoms with van der Waals surface area (Å²) in [7, 11) is 0. The van der Waals surface area contributed by atoms with Gasteiger partial charge in [-0.25, -0.2) is 0 Å². The van der Waals surface area contributed by atoms with E-state index in [9.17, 15) is 9.59 Å². The van der Waals surface area contributed by atoms with Crippen molar-refractivity contribution in [1.82, 2.24) is 10.2 Å². The SMILES string of the molecule is O=C(NCC(c1cccs1)N1CCCC1)c1ccc(NC(=O)c2cccs2)cc1. The number of nitrogens with zero attached hydrogens (tertiary/aromatic N) is 1. The molecule has 0 spiro atoms. The van der Waals surface area contributed by atoms with Crippen molar-refractivity contribution in [2.75, 3.05) is 25.0 Å². The highest BCUT2D eigenvalue weighted by Crippen LogP contribution is 2.28. The van der Waals surface area contributed by atoms with Crippen LogP contribution in [0.1, 0.15) is 43.8 Å². The first kappa shape index (κ1) is 19.8. The molecule has 2 aromatic heterocycles. The summed E-state index contributed by atoms with van der Waals surface area (Å²) in [6.45, 7) is 2.75. The molecule has 2 amide bonds. The van der Waals surface area contributed by atoms with E-state index in [1.54, 1.807) is 41.7 Å². The number of hydrogen-bond acceptors (Lipinski definition) is 5. The Labute approximate surface area is 178 Å². The molecular formula is C22H23N3O2S2. The van der Waals surface area contributed by atoms with Gasteiger partial charge in [-0.2, -0.15) is 0 Å². The Hall–Kier alpha value is -2.48. The van der Waals surface area contributed by atoms with E-state index in [0.29, 0.717) is 22.7 Å². The number of carbonyl (C=O) groups excluding carboxylic acids is 2. The van der Waals surface area contributed by atoms with E-state index in [1.807, 2.05) is 11.4 Å². The molecule has 0 radical (unpaired) electrons. The number of carbonyl (C=O) groups is 2.